The van der Waals surface area contributed by atoms with E-state index in [1.54, 1.807) is 0 Å². The van der Waals surface area contributed by atoms with Crippen LogP contribution in [0.4, 0.5) is 0 Å². The first-order valence-electron chi connectivity index (χ1n) is 6.84. The van der Waals surface area contributed by atoms with E-state index in [9.17, 15) is 0 Å². The van der Waals surface area contributed by atoms with Gasteiger partial charge in [-0.2, -0.15) is 0 Å². The third-order valence-corrected chi connectivity index (χ3v) is 4.01. The van der Waals surface area contributed by atoms with E-state index in [-0.39, 0.29) is 0 Å². The Labute approximate surface area is 96.3 Å². The molecule has 0 bridgehead atoms. The van der Waals surface area contributed by atoms with Gasteiger partial charge in [-0.05, 0) is 30.6 Å². The summed E-state index contributed by atoms with van der Waals surface area (Å²) in [5, 5.41) is 9.06. The van der Waals surface area contributed by atoms with Crippen molar-refractivity contribution in [1.29, 1.82) is 0 Å². The topological polar surface area (TPSA) is 20.2 Å². The smallest absolute Gasteiger partial charge is 0.0433 e. The average molecular weight is 214 g/mol. The zero-order valence-electron chi connectivity index (χ0n) is 11.1. The second kappa shape index (κ2) is 9.21. The van der Waals surface area contributed by atoms with Crippen LogP contribution in [0, 0.1) is 17.8 Å². The summed E-state index contributed by atoms with van der Waals surface area (Å²) in [6.45, 7) is 9.52. The highest BCUT2D eigenvalue weighted by Gasteiger charge is 2.20. The lowest BCUT2D eigenvalue weighted by Crippen LogP contribution is -2.18. The highest BCUT2D eigenvalue weighted by Crippen LogP contribution is 2.30. The van der Waals surface area contributed by atoms with E-state index in [2.05, 4.69) is 27.7 Å². The van der Waals surface area contributed by atoms with Crippen LogP contribution in [-0.2, 0) is 0 Å². The van der Waals surface area contributed by atoms with Crippen LogP contribution in [0.2, 0.25) is 0 Å². The molecule has 0 fully saturated rings. The highest BCUT2D eigenvalue weighted by atomic mass is 16.3. The molecule has 0 aliphatic heterocycles. The second-order valence-electron chi connectivity index (χ2n) is 4.77. The average Bonchev–Trinajstić information content (AvgIpc) is 2.28. The lowest BCUT2D eigenvalue weighted by molar-refractivity contribution is 0.186. The minimum absolute atomic E-state index is 0.359. The van der Waals surface area contributed by atoms with Gasteiger partial charge in [-0.25, -0.2) is 0 Å². The fraction of sp³-hybridized carbons (Fsp3) is 1.00. The summed E-state index contributed by atoms with van der Waals surface area (Å²) in [6, 6.07) is 0. The molecule has 0 aromatic carbocycles. The predicted octanol–water partition coefficient (Wildman–Crippen LogP) is 4.25. The Morgan fingerprint density at radius 2 is 1.33 bits per heavy atom. The number of aliphatic hydroxyl groups excluding tert-OH is 1. The minimum atomic E-state index is 0.359. The summed E-state index contributed by atoms with van der Waals surface area (Å²) in [4.78, 5) is 0. The van der Waals surface area contributed by atoms with Crippen LogP contribution >= 0.6 is 0 Å². The van der Waals surface area contributed by atoms with Crippen molar-refractivity contribution in [1.82, 2.24) is 0 Å². The molecule has 0 spiro atoms. The van der Waals surface area contributed by atoms with E-state index in [0.717, 1.165) is 24.2 Å². The maximum atomic E-state index is 9.06. The van der Waals surface area contributed by atoms with Crippen molar-refractivity contribution >= 4 is 0 Å². The van der Waals surface area contributed by atoms with E-state index >= 15 is 0 Å². The third-order valence-electron chi connectivity index (χ3n) is 4.01. The van der Waals surface area contributed by atoms with Crippen molar-refractivity contribution in [3.8, 4) is 0 Å². The van der Waals surface area contributed by atoms with Crippen molar-refractivity contribution in [2.24, 2.45) is 17.8 Å². The van der Waals surface area contributed by atoms with Crippen LogP contribution < -0.4 is 0 Å². The molecule has 0 radical (unpaired) electrons. The molecule has 0 aliphatic carbocycles. The molecule has 0 saturated heterocycles. The first-order chi connectivity index (χ1) is 7.23. The van der Waals surface area contributed by atoms with Crippen molar-refractivity contribution in [2.75, 3.05) is 6.61 Å². The van der Waals surface area contributed by atoms with Crippen molar-refractivity contribution in [2.45, 2.75) is 66.2 Å². The summed E-state index contributed by atoms with van der Waals surface area (Å²) in [7, 11) is 0. The lowest BCUT2D eigenvalue weighted by atomic mass is 9.78. The first-order valence-corrected chi connectivity index (χ1v) is 6.84. The third kappa shape index (κ3) is 5.55. The van der Waals surface area contributed by atoms with E-state index in [1.165, 1.54) is 32.1 Å². The van der Waals surface area contributed by atoms with Gasteiger partial charge in [0.05, 0.1) is 0 Å². The fourth-order valence-corrected chi connectivity index (χ4v) is 2.68. The molecule has 1 heteroatoms. The van der Waals surface area contributed by atoms with Gasteiger partial charge in [0.1, 0.15) is 0 Å². The Morgan fingerprint density at radius 3 is 1.67 bits per heavy atom. The maximum Gasteiger partial charge on any atom is 0.0433 e. The van der Waals surface area contributed by atoms with E-state index in [4.69, 9.17) is 5.11 Å². The zero-order valence-corrected chi connectivity index (χ0v) is 11.1. The molecule has 1 nitrogen and oxygen atoms in total. The highest BCUT2D eigenvalue weighted by molar-refractivity contribution is 4.71. The summed E-state index contributed by atoms with van der Waals surface area (Å²) < 4.78 is 0. The first kappa shape index (κ1) is 15.0. The van der Waals surface area contributed by atoms with E-state index in [1.807, 2.05) is 0 Å². The Kier molecular flexibility index (Phi) is 9.18. The van der Waals surface area contributed by atoms with E-state index in [0.29, 0.717) is 6.61 Å². The molecule has 1 N–H and O–H groups in total. The van der Waals surface area contributed by atoms with Gasteiger partial charge < -0.3 is 5.11 Å². The molecule has 0 rings (SSSR count). The molecular weight excluding hydrogens is 184 g/mol. The van der Waals surface area contributed by atoms with Gasteiger partial charge in [-0.15, -0.1) is 0 Å². The molecule has 15 heavy (non-hydrogen) atoms. The normalized spacial score (nSPS) is 15.6. The van der Waals surface area contributed by atoms with Crippen LogP contribution in [0.25, 0.3) is 0 Å². The summed E-state index contributed by atoms with van der Waals surface area (Å²) in [5.41, 5.74) is 0. The van der Waals surface area contributed by atoms with Gasteiger partial charge in [-0.1, -0.05) is 53.4 Å². The van der Waals surface area contributed by atoms with Crippen LogP contribution in [0.5, 0.6) is 0 Å². The van der Waals surface area contributed by atoms with Crippen molar-refractivity contribution in [3.63, 3.8) is 0 Å². The monoisotopic (exact) mass is 214 g/mol. The molecule has 2 atom stereocenters. The number of aliphatic hydroxyl groups is 1. The number of hydrogen-bond acceptors (Lipinski definition) is 1. The Morgan fingerprint density at radius 1 is 0.800 bits per heavy atom. The molecule has 0 aromatic rings. The number of hydrogen-bond donors (Lipinski definition) is 1. The summed E-state index contributed by atoms with van der Waals surface area (Å²) in [6.07, 6.45) is 7.47. The maximum absolute atomic E-state index is 9.06. The molecule has 2 unspecified atom stereocenters. The predicted molar refractivity (Wildman–Crippen MR) is 68.0 cm³/mol. The molecule has 0 saturated carbocycles. The van der Waals surface area contributed by atoms with Gasteiger partial charge in [0.15, 0.2) is 0 Å². The van der Waals surface area contributed by atoms with Gasteiger partial charge in [0.2, 0.25) is 0 Å². The zero-order chi connectivity index (χ0) is 11.7. The SMILES string of the molecule is CCC(CC)CC(CC)C(CC)CCO. The van der Waals surface area contributed by atoms with Gasteiger partial charge in [-0.3, -0.25) is 0 Å². The van der Waals surface area contributed by atoms with Crippen molar-refractivity contribution in [3.05, 3.63) is 0 Å². The van der Waals surface area contributed by atoms with Crippen LogP contribution in [0.1, 0.15) is 66.2 Å². The number of rotatable bonds is 9. The van der Waals surface area contributed by atoms with Gasteiger partial charge in [0, 0.05) is 6.61 Å². The summed E-state index contributed by atoms with van der Waals surface area (Å²) in [5.74, 6) is 2.45. The van der Waals surface area contributed by atoms with Gasteiger partial charge in [0.25, 0.3) is 0 Å². The molecular formula is C14H30O. The van der Waals surface area contributed by atoms with Gasteiger partial charge >= 0.3 is 0 Å². The molecule has 0 aromatic heterocycles. The molecule has 0 heterocycles. The Hall–Kier alpha value is -0.0400. The quantitative estimate of drug-likeness (QED) is 0.608. The summed E-state index contributed by atoms with van der Waals surface area (Å²) >= 11 is 0. The largest absolute Gasteiger partial charge is 0.396 e. The molecule has 0 amide bonds. The second-order valence-corrected chi connectivity index (χ2v) is 4.77. The van der Waals surface area contributed by atoms with Crippen LogP contribution in [0.3, 0.4) is 0 Å². The minimum Gasteiger partial charge on any atom is -0.396 e. The Balaban J connectivity index is 4.17. The fourth-order valence-electron chi connectivity index (χ4n) is 2.68. The standard InChI is InChI=1S/C14H30O/c1-5-12(6-2)11-14(8-4)13(7-3)9-10-15/h12-15H,5-11H2,1-4H3. The van der Waals surface area contributed by atoms with Crippen LogP contribution in [0.15, 0.2) is 0 Å². The van der Waals surface area contributed by atoms with Crippen LogP contribution in [-0.4, -0.2) is 11.7 Å². The lowest BCUT2D eigenvalue weighted by Gasteiger charge is -2.28. The Bertz CT molecular complexity index is 129. The van der Waals surface area contributed by atoms with Crippen molar-refractivity contribution < 1.29 is 5.11 Å². The molecule has 92 valence electrons. The van der Waals surface area contributed by atoms with E-state index < -0.39 is 0 Å². The molecule has 0 aliphatic rings.